The van der Waals surface area contributed by atoms with Gasteiger partial charge in [0.2, 0.25) is 0 Å². The first-order valence-electron chi connectivity index (χ1n) is 39.0. The van der Waals surface area contributed by atoms with Crippen LogP contribution in [0.3, 0.4) is 0 Å². The van der Waals surface area contributed by atoms with Gasteiger partial charge in [0.15, 0.2) is 12.2 Å². The highest BCUT2D eigenvalue weighted by Crippen LogP contribution is 2.38. The molecule has 38 heteroatoms. The number of aromatic nitrogens is 8. The SMILES string of the molecule is C[C@@H]1CO[C@@H](C(F)(F)F)CN1Cc1ccc2c(-c3cnn(C)c3)cc(C(N)=O)nc2c1.C[C@H]1CO[C@@H](C(F)(F)F)CN1Cc1ccc2c(-c3cnn(C)c3)cc(C(N)=O)nc2c1.NC(=O)c1cc(-c2ccc(F)cc2)c2ccc(CN3CCNC(C(F)(F)F)C3)cc2n1.NC(=O)c1cc(-c2ccc(F)cc2)c2ccc(CN3CCNCC3C(F)(F)F)cc2n1. The number of carbonyl (C=O) groups is 4. The van der Waals surface area contributed by atoms with E-state index in [0.29, 0.717) is 88.0 Å². The molecular weight excluding hydrogens is 1650 g/mol. The van der Waals surface area contributed by atoms with Gasteiger partial charge in [-0.25, -0.2) is 28.7 Å². The Balaban J connectivity index is 0.000000142. The number of ether oxygens (including phenoxy) is 2. The van der Waals surface area contributed by atoms with Gasteiger partial charge in [-0.15, -0.1) is 0 Å². The van der Waals surface area contributed by atoms with Gasteiger partial charge >= 0.3 is 24.7 Å². The summed E-state index contributed by atoms with van der Waals surface area (Å²) in [6.07, 6.45) is -14.1. The van der Waals surface area contributed by atoms with E-state index in [1.54, 1.807) is 129 Å². The molecule has 6 atom stereocenters. The van der Waals surface area contributed by atoms with Crippen LogP contribution in [0, 0.1) is 11.6 Å². The molecule has 124 heavy (non-hydrogen) atoms. The van der Waals surface area contributed by atoms with E-state index in [1.165, 1.54) is 35.2 Å². The fourth-order valence-corrected chi connectivity index (χ4v) is 15.2. The summed E-state index contributed by atoms with van der Waals surface area (Å²) in [7, 11) is 3.58. The van der Waals surface area contributed by atoms with Gasteiger partial charge in [0.05, 0.1) is 47.7 Å². The first kappa shape index (κ1) is 89.7. The number of primary amides is 4. The van der Waals surface area contributed by atoms with Crippen molar-refractivity contribution in [3.63, 3.8) is 0 Å². The zero-order chi connectivity index (χ0) is 89.0. The molecule has 0 aliphatic carbocycles. The molecule has 12 aromatic rings. The summed E-state index contributed by atoms with van der Waals surface area (Å²) in [6.45, 7) is 5.39. The Hall–Kier alpha value is -12.0. The van der Waals surface area contributed by atoms with Crippen LogP contribution in [0.15, 0.2) is 170 Å². The molecule has 6 aromatic heterocycles. The summed E-state index contributed by atoms with van der Waals surface area (Å²) in [5.74, 6) is -3.53. The first-order valence-corrected chi connectivity index (χ1v) is 39.0. The number of nitrogens with zero attached hydrogens (tertiary/aromatic N) is 12. The molecule has 2 unspecified atom stereocenters. The van der Waals surface area contributed by atoms with Gasteiger partial charge in [-0.05, 0) is 142 Å². The monoisotopic (exact) mass is 1730 g/mol. The van der Waals surface area contributed by atoms with Gasteiger partial charge in [0, 0.05) is 150 Å². The summed E-state index contributed by atoms with van der Waals surface area (Å²) < 4.78 is 198. The second-order valence-electron chi connectivity index (χ2n) is 30.7. The van der Waals surface area contributed by atoms with E-state index >= 15 is 0 Å². The number of nitrogens with one attached hydrogen (secondary N) is 2. The molecule has 652 valence electrons. The maximum atomic E-state index is 13.4. The Bertz CT molecular complexity index is 5730. The average Bonchev–Trinajstić information content (AvgIpc) is 1.34. The second kappa shape index (κ2) is 37.2. The van der Waals surface area contributed by atoms with Crippen LogP contribution in [0.2, 0.25) is 0 Å². The highest BCUT2D eigenvalue weighted by atomic mass is 19.4. The Labute approximate surface area is 699 Å². The molecule has 4 aliphatic heterocycles. The van der Waals surface area contributed by atoms with Crippen molar-refractivity contribution in [1.29, 1.82) is 0 Å². The quantitative estimate of drug-likeness (QED) is 0.0490. The lowest BCUT2D eigenvalue weighted by Crippen LogP contribution is -2.57. The van der Waals surface area contributed by atoms with E-state index in [1.807, 2.05) is 62.6 Å². The lowest BCUT2D eigenvalue weighted by atomic mass is 9.98. The molecule has 0 spiro atoms. The fourth-order valence-electron chi connectivity index (χ4n) is 15.2. The van der Waals surface area contributed by atoms with Crippen molar-refractivity contribution < 1.29 is 90.1 Å². The number of piperazine rings is 2. The molecule has 0 bridgehead atoms. The Morgan fingerprint density at radius 3 is 1.09 bits per heavy atom. The second-order valence-corrected chi connectivity index (χ2v) is 30.7. The smallest absolute Gasteiger partial charge is 0.366 e. The maximum absolute atomic E-state index is 13.4. The third-order valence-corrected chi connectivity index (χ3v) is 21.7. The number of aryl methyl sites for hydroxylation is 2. The number of fused-ring (bicyclic) bond motifs is 4. The highest BCUT2D eigenvalue weighted by Gasteiger charge is 2.48. The van der Waals surface area contributed by atoms with Crippen LogP contribution < -0.4 is 33.6 Å². The number of nitrogens with two attached hydrogens (primary N) is 4. The van der Waals surface area contributed by atoms with Crippen molar-refractivity contribution >= 4 is 67.2 Å². The van der Waals surface area contributed by atoms with E-state index in [2.05, 4.69) is 40.8 Å². The van der Waals surface area contributed by atoms with Crippen molar-refractivity contribution in [2.24, 2.45) is 37.0 Å². The summed E-state index contributed by atoms with van der Waals surface area (Å²) in [6, 6.07) is 36.1. The number of rotatable bonds is 16. The van der Waals surface area contributed by atoms with E-state index in [9.17, 15) is 80.6 Å². The zero-order valence-corrected chi connectivity index (χ0v) is 66.9. The van der Waals surface area contributed by atoms with Crippen LogP contribution in [0.5, 0.6) is 0 Å². The Kier molecular flexibility index (Phi) is 26.9. The average molecular weight is 1730 g/mol. The van der Waals surface area contributed by atoms with Crippen LogP contribution in [0.25, 0.3) is 88.1 Å². The predicted octanol–water partition coefficient (Wildman–Crippen LogP) is 12.7. The van der Waals surface area contributed by atoms with Crippen LogP contribution >= 0.6 is 0 Å². The lowest BCUT2D eigenvalue weighted by Gasteiger charge is -2.38. The Morgan fingerprint density at radius 1 is 0.419 bits per heavy atom. The largest absolute Gasteiger partial charge is 0.415 e. The highest BCUT2D eigenvalue weighted by molar-refractivity contribution is 6.04. The normalized spacial score (nSPS) is 19.0. The summed E-state index contributed by atoms with van der Waals surface area (Å²) in [5.41, 5.74) is 32.9. The van der Waals surface area contributed by atoms with Gasteiger partial charge in [0.1, 0.15) is 46.5 Å². The minimum atomic E-state index is -4.40. The van der Waals surface area contributed by atoms with Crippen molar-refractivity contribution in [3.05, 3.63) is 227 Å². The van der Waals surface area contributed by atoms with Crippen molar-refractivity contribution in [2.75, 3.05) is 65.6 Å². The molecule has 4 saturated heterocycles. The fraction of sp³-hybridized carbons (Fsp3) is 0.326. The third kappa shape index (κ3) is 21.8. The molecule has 4 fully saturated rings. The number of pyridine rings is 4. The molecule has 0 saturated carbocycles. The molecular formula is C86H84F14N18O6. The summed E-state index contributed by atoms with van der Waals surface area (Å²) >= 11 is 0. The van der Waals surface area contributed by atoms with E-state index in [0.717, 1.165) is 55.1 Å². The van der Waals surface area contributed by atoms with Crippen molar-refractivity contribution in [3.8, 4) is 44.5 Å². The van der Waals surface area contributed by atoms with Gasteiger partial charge in [-0.2, -0.15) is 62.9 Å². The van der Waals surface area contributed by atoms with Crippen LogP contribution in [-0.2, 0) is 49.7 Å². The number of hydrogen-bond acceptors (Lipinski definition) is 18. The van der Waals surface area contributed by atoms with E-state index < -0.39 is 78.4 Å². The van der Waals surface area contributed by atoms with E-state index in [4.69, 9.17) is 32.4 Å². The number of hydrogen-bond donors (Lipinski definition) is 6. The van der Waals surface area contributed by atoms with Gasteiger partial charge in [-0.1, -0.05) is 72.8 Å². The van der Waals surface area contributed by atoms with Crippen molar-refractivity contribution in [2.45, 2.75) is 101 Å². The number of carbonyl (C=O) groups excluding carboxylic acids is 4. The van der Waals surface area contributed by atoms with Crippen LogP contribution in [-0.4, -0.2) is 209 Å². The number of benzene rings is 6. The third-order valence-electron chi connectivity index (χ3n) is 21.7. The Morgan fingerprint density at radius 2 is 0.766 bits per heavy atom. The van der Waals surface area contributed by atoms with Crippen LogP contribution in [0.4, 0.5) is 61.5 Å². The first-order chi connectivity index (χ1) is 58.6. The molecule has 10 heterocycles. The maximum Gasteiger partial charge on any atom is 0.415 e. The molecule has 6 aromatic carbocycles. The summed E-state index contributed by atoms with van der Waals surface area (Å²) in [5, 5.41) is 16.6. The molecule has 24 nitrogen and oxygen atoms in total. The minimum absolute atomic E-state index is 0.00693. The van der Waals surface area contributed by atoms with Crippen LogP contribution in [0.1, 0.15) is 78.1 Å². The van der Waals surface area contributed by atoms with E-state index in [-0.39, 0.29) is 99.7 Å². The molecule has 16 rings (SSSR count). The van der Waals surface area contributed by atoms with Gasteiger partial charge < -0.3 is 43.0 Å². The molecule has 10 N–H and O–H groups in total. The zero-order valence-electron chi connectivity index (χ0n) is 66.9. The number of halogens is 14. The minimum Gasteiger partial charge on any atom is -0.366 e. The predicted molar refractivity (Wildman–Crippen MR) is 434 cm³/mol. The molecule has 4 aliphatic rings. The molecule has 0 radical (unpaired) electrons. The number of alkyl halides is 12. The van der Waals surface area contributed by atoms with Crippen molar-refractivity contribution in [1.82, 2.24) is 69.7 Å². The van der Waals surface area contributed by atoms with Gasteiger partial charge in [-0.3, -0.25) is 48.1 Å². The number of amides is 4. The topological polar surface area (TPSA) is 315 Å². The summed E-state index contributed by atoms with van der Waals surface area (Å²) in [4.78, 5) is 71.2. The standard InChI is InChI=1S/2C22H20F4N4O.2C21H22F3N5O2/c23-15-4-2-14(3-5-15)17-10-19(21(27)31)29-18-9-13(1-6-16(17)18)12-30-8-7-28-11-20(30)22(24,25)26;23-15-4-2-14(3-5-15)17-10-19(21(27)31)29-18-9-13(1-6-16(17)18)11-30-8-7-28-20(12-30)22(24,25)26;2*1-12-11-31-19(21(22,23)24)10-29(12)8-13-3-4-15-16(14-7-26-28(2)9-14)6-18(20(25)30)27-17(15)5-13/h2*1-6,9-10,20,28H,7-8,11-12H2,(H2,27,31);2*3-7,9,12,19H,8,10-11H2,1-2H3,(H2,25,30)/t;;12-,19+;12-,19-/m..01/s1. The number of morpholine rings is 2. The molecule has 4 amide bonds. The lowest BCUT2D eigenvalue weighted by molar-refractivity contribution is -0.244. The van der Waals surface area contributed by atoms with Gasteiger partial charge in [0.25, 0.3) is 23.6 Å².